The molecule has 0 spiro atoms. The van der Waals surface area contributed by atoms with Gasteiger partial charge < -0.3 is 9.73 Å². The third-order valence-corrected chi connectivity index (χ3v) is 4.00. The van der Waals surface area contributed by atoms with Crippen molar-refractivity contribution in [2.24, 2.45) is 0 Å². The summed E-state index contributed by atoms with van der Waals surface area (Å²) in [6.07, 6.45) is 0.981. The van der Waals surface area contributed by atoms with Crippen LogP contribution in [0.5, 0.6) is 0 Å². The van der Waals surface area contributed by atoms with Gasteiger partial charge in [0.05, 0.1) is 5.92 Å². The zero-order valence-corrected chi connectivity index (χ0v) is 11.4. The minimum absolute atomic E-state index is 0.302. The Bertz CT molecular complexity index is 776. The van der Waals surface area contributed by atoms with Gasteiger partial charge in [-0.1, -0.05) is 30.3 Å². The van der Waals surface area contributed by atoms with Crippen LogP contribution >= 0.6 is 0 Å². The Morgan fingerprint density at radius 3 is 2.95 bits per heavy atom. The molecule has 0 aliphatic carbocycles. The number of nitrogens with zero attached hydrogens (tertiary/aromatic N) is 1. The highest BCUT2D eigenvalue weighted by Gasteiger charge is 2.24. The molecule has 3 heteroatoms. The summed E-state index contributed by atoms with van der Waals surface area (Å²) in [5.74, 6) is 1.15. The topological polar surface area (TPSA) is 38.1 Å². The molecule has 1 N–H and O–H groups in total. The molecular formula is C17H16N2O. The maximum atomic E-state index is 6.00. The first-order valence-electron chi connectivity index (χ1n) is 6.99. The second kappa shape index (κ2) is 4.37. The number of oxazole rings is 1. The number of hydrogen-bond donors (Lipinski definition) is 1. The first kappa shape index (κ1) is 11.5. The zero-order valence-electron chi connectivity index (χ0n) is 11.4. The van der Waals surface area contributed by atoms with E-state index in [9.17, 15) is 0 Å². The van der Waals surface area contributed by atoms with E-state index in [-0.39, 0.29) is 0 Å². The molecule has 2 aromatic carbocycles. The van der Waals surface area contributed by atoms with Gasteiger partial charge in [-0.2, -0.15) is 0 Å². The van der Waals surface area contributed by atoms with E-state index >= 15 is 0 Å². The first-order chi connectivity index (χ1) is 9.81. The second-order valence-corrected chi connectivity index (χ2v) is 5.41. The third-order valence-electron chi connectivity index (χ3n) is 4.00. The lowest BCUT2D eigenvalue weighted by atomic mass is 9.94. The summed E-state index contributed by atoms with van der Waals surface area (Å²) < 4.78 is 6.00. The molecule has 0 amide bonds. The van der Waals surface area contributed by atoms with Crippen LogP contribution < -0.4 is 5.32 Å². The maximum Gasteiger partial charge on any atom is 0.200 e. The predicted octanol–water partition coefficient (Wildman–Crippen LogP) is 3.89. The molecular weight excluding hydrogens is 248 g/mol. The normalized spacial score (nSPS) is 17.8. The molecule has 3 aromatic rings. The Balaban J connectivity index is 1.72. The van der Waals surface area contributed by atoms with Crippen molar-refractivity contribution in [3.8, 4) is 0 Å². The van der Waals surface area contributed by atoms with Crippen molar-refractivity contribution in [3.05, 3.63) is 59.5 Å². The lowest BCUT2D eigenvalue weighted by Gasteiger charge is -2.23. The molecule has 1 aromatic heterocycles. The van der Waals surface area contributed by atoms with Gasteiger partial charge in [-0.15, -0.1) is 0 Å². The molecule has 0 saturated heterocycles. The molecule has 0 bridgehead atoms. The second-order valence-electron chi connectivity index (χ2n) is 5.41. The van der Waals surface area contributed by atoms with E-state index in [1.807, 2.05) is 12.1 Å². The van der Waals surface area contributed by atoms with E-state index in [0.717, 1.165) is 35.5 Å². The molecule has 0 saturated carbocycles. The summed E-state index contributed by atoms with van der Waals surface area (Å²) >= 11 is 0. The number of nitrogens with one attached hydrogen (secondary N) is 1. The molecule has 0 radical (unpaired) electrons. The van der Waals surface area contributed by atoms with Crippen LogP contribution in [-0.2, 0) is 6.42 Å². The number of benzene rings is 2. The fourth-order valence-corrected chi connectivity index (χ4v) is 2.89. The fraction of sp³-hybridized carbons (Fsp3) is 0.235. The molecule has 2 heterocycles. The smallest absolute Gasteiger partial charge is 0.200 e. The quantitative estimate of drug-likeness (QED) is 0.724. The predicted molar refractivity (Wildman–Crippen MR) is 80.1 cm³/mol. The van der Waals surface area contributed by atoms with Crippen molar-refractivity contribution in [2.75, 3.05) is 11.9 Å². The number of rotatable bonds is 1. The molecule has 1 aliphatic rings. The summed E-state index contributed by atoms with van der Waals surface area (Å²) in [6.45, 7) is 2.94. The van der Waals surface area contributed by atoms with Gasteiger partial charge >= 0.3 is 0 Å². The fourth-order valence-electron chi connectivity index (χ4n) is 2.89. The molecule has 1 atom stereocenters. The minimum Gasteiger partial charge on any atom is -0.440 e. The SMILES string of the molecule is Cc1cccc2nc(C3CNc4ccccc4C3)oc12. The Morgan fingerprint density at radius 1 is 1.15 bits per heavy atom. The first-order valence-corrected chi connectivity index (χ1v) is 6.99. The average molecular weight is 264 g/mol. The molecule has 1 unspecified atom stereocenters. The molecule has 100 valence electrons. The summed E-state index contributed by atoms with van der Waals surface area (Å²) in [6, 6.07) is 14.5. The van der Waals surface area contributed by atoms with Gasteiger partial charge in [0.25, 0.3) is 0 Å². The van der Waals surface area contributed by atoms with E-state index < -0.39 is 0 Å². The minimum atomic E-state index is 0.302. The highest BCUT2D eigenvalue weighted by molar-refractivity contribution is 5.76. The number of aryl methyl sites for hydroxylation is 1. The van der Waals surface area contributed by atoms with Gasteiger partial charge in [-0.3, -0.25) is 0 Å². The molecule has 1 aliphatic heterocycles. The summed E-state index contributed by atoms with van der Waals surface area (Å²) in [4.78, 5) is 4.66. The van der Waals surface area contributed by atoms with Crippen LogP contribution in [0.1, 0.15) is 22.9 Å². The monoisotopic (exact) mass is 264 g/mol. The van der Waals surface area contributed by atoms with Crippen LogP contribution in [0.25, 0.3) is 11.1 Å². The Hall–Kier alpha value is -2.29. The van der Waals surface area contributed by atoms with Gasteiger partial charge in [-0.05, 0) is 36.6 Å². The number of aromatic nitrogens is 1. The van der Waals surface area contributed by atoms with Crippen molar-refractivity contribution >= 4 is 16.8 Å². The van der Waals surface area contributed by atoms with Crippen LogP contribution in [0.15, 0.2) is 46.9 Å². The third kappa shape index (κ3) is 1.78. The van der Waals surface area contributed by atoms with Crippen molar-refractivity contribution in [1.29, 1.82) is 0 Å². The maximum absolute atomic E-state index is 6.00. The highest BCUT2D eigenvalue weighted by atomic mass is 16.3. The molecule has 3 nitrogen and oxygen atoms in total. The molecule has 20 heavy (non-hydrogen) atoms. The number of fused-ring (bicyclic) bond motifs is 2. The van der Waals surface area contributed by atoms with Crippen molar-refractivity contribution in [3.63, 3.8) is 0 Å². The lowest BCUT2D eigenvalue weighted by Crippen LogP contribution is -2.21. The van der Waals surface area contributed by atoms with Gasteiger partial charge in [0.2, 0.25) is 5.89 Å². The Labute approximate surface area is 117 Å². The summed E-state index contributed by atoms with van der Waals surface area (Å²) in [5.41, 5.74) is 5.59. The number of anilines is 1. The van der Waals surface area contributed by atoms with Crippen LogP contribution in [0, 0.1) is 6.92 Å². The van der Waals surface area contributed by atoms with E-state index in [1.165, 1.54) is 11.3 Å². The average Bonchev–Trinajstić information content (AvgIpc) is 2.92. The van der Waals surface area contributed by atoms with Gasteiger partial charge in [0.15, 0.2) is 5.58 Å². The van der Waals surface area contributed by atoms with E-state index in [4.69, 9.17) is 4.42 Å². The Morgan fingerprint density at radius 2 is 2.05 bits per heavy atom. The Kier molecular flexibility index (Phi) is 2.52. The van der Waals surface area contributed by atoms with E-state index in [1.54, 1.807) is 0 Å². The van der Waals surface area contributed by atoms with E-state index in [0.29, 0.717) is 5.92 Å². The lowest BCUT2D eigenvalue weighted by molar-refractivity contribution is 0.470. The van der Waals surface area contributed by atoms with Gasteiger partial charge in [0, 0.05) is 12.2 Å². The number of hydrogen-bond acceptors (Lipinski definition) is 3. The summed E-state index contributed by atoms with van der Waals surface area (Å²) in [7, 11) is 0. The van der Waals surface area contributed by atoms with Crippen molar-refractivity contribution in [2.45, 2.75) is 19.3 Å². The van der Waals surface area contributed by atoms with Crippen molar-refractivity contribution in [1.82, 2.24) is 4.98 Å². The van der Waals surface area contributed by atoms with Crippen molar-refractivity contribution < 1.29 is 4.42 Å². The largest absolute Gasteiger partial charge is 0.440 e. The van der Waals surface area contributed by atoms with E-state index in [2.05, 4.69) is 47.6 Å². The van der Waals surface area contributed by atoms with Gasteiger partial charge in [0.1, 0.15) is 5.52 Å². The number of para-hydroxylation sites is 2. The highest BCUT2D eigenvalue weighted by Crippen LogP contribution is 2.32. The van der Waals surface area contributed by atoms with Crippen LogP contribution in [0.4, 0.5) is 5.69 Å². The molecule has 4 rings (SSSR count). The van der Waals surface area contributed by atoms with Crippen LogP contribution in [-0.4, -0.2) is 11.5 Å². The summed E-state index contributed by atoms with van der Waals surface area (Å²) in [5, 5.41) is 3.47. The standard InChI is InChI=1S/C17H16N2O/c1-11-5-4-8-15-16(11)20-17(19-15)13-9-12-6-2-3-7-14(12)18-10-13/h2-8,13,18H,9-10H2,1H3. The van der Waals surface area contributed by atoms with Crippen LogP contribution in [0.3, 0.4) is 0 Å². The molecule has 0 fully saturated rings. The van der Waals surface area contributed by atoms with Gasteiger partial charge in [-0.25, -0.2) is 4.98 Å². The zero-order chi connectivity index (χ0) is 13.5. The van der Waals surface area contributed by atoms with Crippen LogP contribution in [0.2, 0.25) is 0 Å².